The van der Waals surface area contributed by atoms with Crippen LogP contribution in [-0.4, -0.2) is 25.8 Å². The Hall–Kier alpha value is -1.07. The molecular weight excluding hydrogens is 236 g/mol. The van der Waals surface area contributed by atoms with Gasteiger partial charge in [-0.3, -0.25) is 0 Å². The van der Waals surface area contributed by atoms with E-state index in [4.69, 9.17) is 5.73 Å². The van der Waals surface area contributed by atoms with Gasteiger partial charge in [-0.15, -0.1) is 0 Å². The molecule has 94 valence electrons. The van der Waals surface area contributed by atoms with Crippen molar-refractivity contribution >= 4 is 15.7 Å². The molecule has 0 radical (unpaired) electrons. The number of nitrogens with zero attached hydrogens (tertiary/aromatic N) is 1. The minimum absolute atomic E-state index is 0.425. The maximum absolute atomic E-state index is 12.5. The molecule has 2 rings (SSSR count). The van der Waals surface area contributed by atoms with Crippen LogP contribution in [0.15, 0.2) is 17.0 Å². The van der Waals surface area contributed by atoms with E-state index in [9.17, 15) is 8.42 Å². The van der Waals surface area contributed by atoms with E-state index in [1.54, 1.807) is 30.3 Å². The van der Waals surface area contributed by atoms with Gasteiger partial charge in [0.05, 0.1) is 4.90 Å². The molecule has 0 amide bonds. The molecule has 5 heteroatoms. The van der Waals surface area contributed by atoms with Crippen LogP contribution in [0.3, 0.4) is 0 Å². The summed E-state index contributed by atoms with van der Waals surface area (Å²) in [6.45, 7) is 4.86. The zero-order chi connectivity index (χ0) is 12.6. The highest BCUT2D eigenvalue weighted by atomic mass is 32.2. The lowest BCUT2D eigenvalue weighted by molar-refractivity contribution is 0.476. The average molecular weight is 254 g/mol. The smallest absolute Gasteiger partial charge is 0.243 e. The molecule has 0 bridgehead atoms. The third-order valence-electron chi connectivity index (χ3n) is 3.15. The third-order valence-corrected chi connectivity index (χ3v) is 5.35. The Bertz CT molecular complexity index is 508. The van der Waals surface area contributed by atoms with Crippen molar-refractivity contribution in [1.82, 2.24) is 4.31 Å². The number of anilines is 1. The molecule has 0 atom stereocenters. The van der Waals surface area contributed by atoms with E-state index < -0.39 is 10.0 Å². The van der Waals surface area contributed by atoms with Crippen LogP contribution in [0.5, 0.6) is 0 Å². The van der Waals surface area contributed by atoms with Crippen molar-refractivity contribution in [2.45, 2.75) is 31.6 Å². The Morgan fingerprint density at radius 1 is 1.12 bits per heavy atom. The Kier molecular flexibility index (Phi) is 3.14. The lowest BCUT2D eigenvalue weighted by Gasteiger charge is -2.19. The van der Waals surface area contributed by atoms with E-state index in [0.29, 0.717) is 23.7 Å². The van der Waals surface area contributed by atoms with Gasteiger partial charge in [0.1, 0.15) is 0 Å². The van der Waals surface area contributed by atoms with Crippen molar-refractivity contribution in [3.05, 3.63) is 23.3 Å². The predicted molar refractivity (Wildman–Crippen MR) is 68.3 cm³/mol. The van der Waals surface area contributed by atoms with Crippen LogP contribution in [0, 0.1) is 13.8 Å². The molecular formula is C12H18N2O2S. The quantitative estimate of drug-likeness (QED) is 0.817. The van der Waals surface area contributed by atoms with Crippen LogP contribution >= 0.6 is 0 Å². The van der Waals surface area contributed by atoms with Gasteiger partial charge in [-0.2, -0.15) is 4.31 Å². The number of nitrogens with two attached hydrogens (primary N) is 1. The second-order valence-electron chi connectivity index (χ2n) is 4.60. The van der Waals surface area contributed by atoms with Crippen molar-refractivity contribution < 1.29 is 8.42 Å². The molecule has 0 aromatic heterocycles. The minimum atomic E-state index is -3.34. The largest absolute Gasteiger partial charge is 0.399 e. The molecule has 0 unspecified atom stereocenters. The molecule has 2 N–H and O–H groups in total. The molecule has 1 saturated heterocycles. The zero-order valence-corrected chi connectivity index (χ0v) is 11.0. The number of sulfonamides is 1. The first-order valence-corrected chi connectivity index (χ1v) is 7.24. The predicted octanol–water partition coefficient (Wildman–Crippen LogP) is 1.67. The second-order valence-corrected chi connectivity index (χ2v) is 6.47. The first-order chi connectivity index (χ1) is 7.93. The standard InChI is InChI=1S/C12H18N2O2S/c1-9-7-11(13)8-10(2)12(9)17(15,16)14-5-3-4-6-14/h7-8H,3-6,13H2,1-2H3. The van der Waals surface area contributed by atoms with Crippen molar-refractivity contribution in [2.75, 3.05) is 18.8 Å². The van der Waals surface area contributed by atoms with E-state index >= 15 is 0 Å². The fraction of sp³-hybridized carbons (Fsp3) is 0.500. The number of hydrogen-bond donors (Lipinski definition) is 1. The van der Waals surface area contributed by atoms with E-state index in [2.05, 4.69) is 0 Å². The summed E-state index contributed by atoms with van der Waals surface area (Å²) >= 11 is 0. The molecule has 1 heterocycles. The van der Waals surface area contributed by atoms with Crippen molar-refractivity contribution in [2.24, 2.45) is 0 Å². The Morgan fingerprint density at radius 3 is 2.06 bits per heavy atom. The van der Waals surface area contributed by atoms with E-state index in [0.717, 1.165) is 24.0 Å². The van der Waals surface area contributed by atoms with Crippen LogP contribution < -0.4 is 5.73 Å². The fourth-order valence-electron chi connectivity index (χ4n) is 2.45. The molecule has 17 heavy (non-hydrogen) atoms. The number of nitrogen functional groups attached to an aromatic ring is 1. The molecule has 4 nitrogen and oxygen atoms in total. The Morgan fingerprint density at radius 2 is 1.59 bits per heavy atom. The first-order valence-electron chi connectivity index (χ1n) is 5.80. The summed E-state index contributed by atoms with van der Waals surface area (Å²) in [6, 6.07) is 3.44. The molecule has 1 fully saturated rings. The monoisotopic (exact) mass is 254 g/mol. The first kappa shape index (κ1) is 12.4. The average Bonchev–Trinajstić information content (AvgIpc) is 2.67. The number of hydrogen-bond acceptors (Lipinski definition) is 3. The molecule has 1 aromatic carbocycles. The molecule has 1 aromatic rings. The van der Waals surface area contributed by atoms with Gasteiger partial charge < -0.3 is 5.73 Å². The number of benzene rings is 1. The van der Waals surface area contributed by atoms with Gasteiger partial charge in [0.2, 0.25) is 10.0 Å². The van der Waals surface area contributed by atoms with Gasteiger partial charge >= 0.3 is 0 Å². The third kappa shape index (κ3) is 2.17. The van der Waals surface area contributed by atoms with Crippen LogP contribution in [0.1, 0.15) is 24.0 Å². The van der Waals surface area contributed by atoms with Gasteiger partial charge in [0, 0.05) is 18.8 Å². The summed E-state index contributed by atoms with van der Waals surface area (Å²) in [7, 11) is -3.34. The van der Waals surface area contributed by atoms with Gasteiger partial charge in [-0.25, -0.2) is 8.42 Å². The molecule has 0 saturated carbocycles. The summed E-state index contributed by atoms with van der Waals surface area (Å²) in [5.41, 5.74) is 7.79. The second kappa shape index (κ2) is 4.31. The van der Waals surface area contributed by atoms with Crippen LogP contribution in [0.4, 0.5) is 5.69 Å². The molecule has 0 spiro atoms. The summed E-state index contributed by atoms with van der Waals surface area (Å²) in [4.78, 5) is 0.425. The summed E-state index contributed by atoms with van der Waals surface area (Å²) in [5.74, 6) is 0. The Balaban J connectivity index is 2.53. The minimum Gasteiger partial charge on any atom is -0.399 e. The maximum Gasteiger partial charge on any atom is 0.243 e. The summed E-state index contributed by atoms with van der Waals surface area (Å²) in [5, 5.41) is 0. The fourth-order valence-corrected chi connectivity index (χ4v) is 4.38. The van der Waals surface area contributed by atoms with E-state index in [1.165, 1.54) is 0 Å². The lowest BCUT2D eigenvalue weighted by atomic mass is 10.1. The van der Waals surface area contributed by atoms with E-state index in [-0.39, 0.29) is 0 Å². The lowest BCUT2D eigenvalue weighted by Crippen LogP contribution is -2.29. The molecule has 0 aliphatic carbocycles. The Labute approximate surface area is 102 Å². The van der Waals surface area contributed by atoms with Gasteiger partial charge in [-0.1, -0.05) is 0 Å². The highest BCUT2D eigenvalue weighted by Gasteiger charge is 2.29. The SMILES string of the molecule is Cc1cc(N)cc(C)c1S(=O)(=O)N1CCCC1. The van der Waals surface area contributed by atoms with Crippen molar-refractivity contribution in [1.29, 1.82) is 0 Å². The topological polar surface area (TPSA) is 63.4 Å². The van der Waals surface area contributed by atoms with Gasteiger partial charge in [0.25, 0.3) is 0 Å². The summed E-state index contributed by atoms with van der Waals surface area (Å²) in [6.07, 6.45) is 1.90. The molecule has 1 aliphatic rings. The highest BCUT2D eigenvalue weighted by Crippen LogP contribution is 2.28. The van der Waals surface area contributed by atoms with E-state index in [1.807, 2.05) is 0 Å². The maximum atomic E-state index is 12.5. The van der Waals surface area contributed by atoms with Gasteiger partial charge in [0.15, 0.2) is 0 Å². The van der Waals surface area contributed by atoms with Crippen molar-refractivity contribution in [3.8, 4) is 0 Å². The highest BCUT2D eigenvalue weighted by molar-refractivity contribution is 7.89. The normalized spacial score (nSPS) is 17.5. The number of rotatable bonds is 2. The van der Waals surface area contributed by atoms with Crippen LogP contribution in [-0.2, 0) is 10.0 Å². The number of aryl methyl sites for hydroxylation is 2. The van der Waals surface area contributed by atoms with Gasteiger partial charge in [-0.05, 0) is 49.9 Å². The van der Waals surface area contributed by atoms with Crippen LogP contribution in [0.2, 0.25) is 0 Å². The zero-order valence-electron chi connectivity index (χ0n) is 10.2. The van der Waals surface area contributed by atoms with Crippen LogP contribution in [0.25, 0.3) is 0 Å². The summed E-state index contributed by atoms with van der Waals surface area (Å²) < 4.78 is 26.5. The molecule has 1 aliphatic heterocycles. The van der Waals surface area contributed by atoms with Crippen molar-refractivity contribution in [3.63, 3.8) is 0 Å².